The fourth-order valence-electron chi connectivity index (χ4n) is 1.88. The number of anilines is 1. The molecule has 0 atom stereocenters. The number of amides is 1. The van der Waals surface area contributed by atoms with Crippen molar-refractivity contribution in [3.05, 3.63) is 52.9 Å². The molecule has 0 saturated heterocycles. The second-order valence-electron chi connectivity index (χ2n) is 4.31. The Morgan fingerprint density at radius 1 is 1.05 bits per heavy atom. The molecule has 2 aromatic rings. The Morgan fingerprint density at radius 2 is 1.85 bits per heavy atom. The predicted molar refractivity (Wildman–Crippen MR) is 78.7 cm³/mol. The van der Waals surface area contributed by atoms with Gasteiger partial charge in [0.2, 0.25) is 0 Å². The average molecular weight is 285 g/mol. The number of phenols is 2. The number of nitrogens with one attached hydrogen (secondary N) is 1. The predicted octanol–water partition coefficient (Wildman–Crippen LogP) is 3.18. The monoisotopic (exact) mass is 285 g/mol. The molecule has 0 aliphatic carbocycles. The SMILES string of the molecule is O=C1Nc2ccccc2S/C1=C\c1ccc(O)c(O)c1. The molecule has 0 bridgehead atoms. The molecule has 4 nitrogen and oxygen atoms in total. The molecule has 3 N–H and O–H groups in total. The van der Waals surface area contributed by atoms with Gasteiger partial charge in [0, 0.05) is 4.90 Å². The maximum absolute atomic E-state index is 12.0. The van der Waals surface area contributed by atoms with Crippen LogP contribution in [0.2, 0.25) is 0 Å². The number of hydrogen-bond donors (Lipinski definition) is 3. The Bertz CT molecular complexity index is 725. The maximum Gasteiger partial charge on any atom is 0.262 e. The summed E-state index contributed by atoms with van der Waals surface area (Å²) in [5.74, 6) is -0.569. The summed E-state index contributed by atoms with van der Waals surface area (Å²) in [6.07, 6.45) is 1.68. The molecule has 1 aliphatic rings. The van der Waals surface area contributed by atoms with Crippen LogP contribution < -0.4 is 5.32 Å². The van der Waals surface area contributed by atoms with Gasteiger partial charge in [-0.25, -0.2) is 0 Å². The molecule has 0 saturated carbocycles. The average Bonchev–Trinajstić information content (AvgIpc) is 2.44. The number of para-hydroxylation sites is 1. The van der Waals surface area contributed by atoms with E-state index in [-0.39, 0.29) is 17.4 Å². The summed E-state index contributed by atoms with van der Waals surface area (Å²) in [5.41, 5.74) is 1.45. The molecule has 0 spiro atoms. The van der Waals surface area contributed by atoms with Crippen LogP contribution in [0.3, 0.4) is 0 Å². The summed E-state index contributed by atoms with van der Waals surface area (Å²) in [7, 11) is 0. The molecule has 1 heterocycles. The Kier molecular flexibility index (Phi) is 3.12. The van der Waals surface area contributed by atoms with Crippen LogP contribution in [-0.2, 0) is 4.79 Å². The lowest BCUT2D eigenvalue weighted by Crippen LogP contribution is -2.16. The molecule has 0 fully saturated rings. The maximum atomic E-state index is 12.0. The molecule has 1 amide bonds. The van der Waals surface area contributed by atoms with Crippen LogP contribution in [0.15, 0.2) is 52.3 Å². The van der Waals surface area contributed by atoms with E-state index in [9.17, 15) is 15.0 Å². The Morgan fingerprint density at radius 3 is 2.65 bits per heavy atom. The van der Waals surface area contributed by atoms with Gasteiger partial charge in [-0.15, -0.1) is 0 Å². The third kappa shape index (κ3) is 2.35. The van der Waals surface area contributed by atoms with Crippen LogP contribution in [0.1, 0.15) is 5.56 Å². The summed E-state index contributed by atoms with van der Waals surface area (Å²) in [5, 5.41) is 21.6. The number of phenolic OH excluding ortho intramolecular Hbond substituents is 2. The minimum Gasteiger partial charge on any atom is -0.504 e. The van der Waals surface area contributed by atoms with Gasteiger partial charge in [0.15, 0.2) is 11.5 Å². The highest BCUT2D eigenvalue weighted by atomic mass is 32.2. The lowest BCUT2D eigenvalue weighted by Gasteiger charge is -2.18. The summed E-state index contributed by atoms with van der Waals surface area (Å²) < 4.78 is 0. The highest BCUT2D eigenvalue weighted by Crippen LogP contribution is 2.39. The zero-order chi connectivity index (χ0) is 14.1. The molecule has 100 valence electrons. The first kappa shape index (κ1) is 12.6. The summed E-state index contributed by atoms with van der Waals surface area (Å²) >= 11 is 1.37. The lowest BCUT2D eigenvalue weighted by atomic mass is 10.2. The molecule has 3 rings (SSSR count). The van der Waals surface area contributed by atoms with E-state index in [0.29, 0.717) is 10.5 Å². The van der Waals surface area contributed by atoms with E-state index in [4.69, 9.17) is 0 Å². The van der Waals surface area contributed by atoms with Crippen molar-refractivity contribution in [2.75, 3.05) is 5.32 Å². The van der Waals surface area contributed by atoms with E-state index in [1.165, 1.54) is 23.9 Å². The standard InChI is InChI=1S/C15H11NO3S/c17-11-6-5-9(7-12(11)18)8-14-15(19)16-10-3-1-2-4-13(10)20-14/h1-8,17-18H,(H,16,19)/b14-8-. The number of hydrogen-bond acceptors (Lipinski definition) is 4. The van der Waals surface area contributed by atoms with Crippen molar-refractivity contribution in [1.29, 1.82) is 0 Å². The number of aromatic hydroxyl groups is 2. The third-order valence-electron chi connectivity index (χ3n) is 2.88. The van der Waals surface area contributed by atoms with E-state index in [1.807, 2.05) is 24.3 Å². The molecule has 0 radical (unpaired) electrons. The van der Waals surface area contributed by atoms with Crippen molar-refractivity contribution in [2.24, 2.45) is 0 Å². The van der Waals surface area contributed by atoms with Gasteiger partial charge >= 0.3 is 0 Å². The molecule has 20 heavy (non-hydrogen) atoms. The number of rotatable bonds is 1. The normalized spacial score (nSPS) is 15.8. The zero-order valence-electron chi connectivity index (χ0n) is 10.3. The minimum absolute atomic E-state index is 0.179. The van der Waals surface area contributed by atoms with Gasteiger partial charge in [0.25, 0.3) is 5.91 Å². The Labute approximate surface area is 119 Å². The summed E-state index contributed by atoms with van der Waals surface area (Å²) in [6, 6.07) is 12.0. The number of thioether (sulfide) groups is 1. The highest BCUT2D eigenvalue weighted by Gasteiger charge is 2.20. The molecular weight excluding hydrogens is 274 g/mol. The molecule has 0 unspecified atom stereocenters. The first-order valence-corrected chi connectivity index (χ1v) is 6.77. The topological polar surface area (TPSA) is 69.6 Å². The second-order valence-corrected chi connectivity index (χ2v) is 5.39. The quantitative estimate of drug-likeness (QED) is 0.556. The van der Waals surface area contributed by atoms with Gasteiger partial charge in [0.1, 0.15) is 0 Å². The molecular formula is C15H11NO3S. The number of carbonyl (C=O) groups is 1. The van der Waals surface area contributed by atoms with E-state index in [0.717, 1.165) is 10.6 Å². The van der Waals surface area contributed by atoms with E-state index in [1.54, 1.807) is 12.1 Å². The van der Waals surface area contributed by atoms with Crippen molar-refractivity contribution in [2.45, 2.75) is 4.90 Å². The van der Waals surface area contributed by atoms with Crippen molar-refractivity contribution >= 4 is 29.4 Å². The van der Waals surface area contributed by atoms with Crippen LogP contribution in [-0.4, -0.2) is 16.1 Å². The summed E-state index contributed by atoms with van der Waals surface area (Å²) in [6.45, 7) is 0. The van der Waals surface area contributed by atoms with Crippen LogP contribution >= 0.6 is 11.8 Å². The first-order valence-electron chi connectivity index (χ1n) is 5.95. The fourth-order valence-corrected chi connectivity index (χ4v) is 2.84. The Hall–Kier alpha value is -2.40. The van der Waals surface area contributed by atoms with Gasteiger partial charge in [-0.05, 0) is 35.9 Å². The third-order valence-corrected chi connectivity index (χ3v) is 3.98. The number of fused-ring (bicyclic) bond motifs is 1. The van der Waals surface area contributed by atoms with Crippen molar-refractivity contribution in [3.63, 3.8) is 0 Å². The molecule has 2 aromatic carbocycles. The second kappa shape index (κ2) is 4.94. The van der Waals surface area contributed by atoms with Crippen LogP contribution in [0.5, 0.6) is 11.5 Å². The van der Waals surface area contributed by atoms with Crippen LogP contribution in [0, 0.1) is 0 Å². The number of carbonyl (C=O) groups excluding carboxylic acids is 1. The number of benzene rings is 2. The van der Waals surface area contributed by atoms with Crippen LogP contribution in [0.4, 0.5) is 5.69 Å². The largest absolute Gasteiger partial charge is 0.504 e. The van der Waals surface area contributed by atoms with E-state index < -0.39 is 0 Å². The van der Waals surface area contributed by atoms with Gasteiger partial charge < -0.3 is 15.5 Å². The first-order chi connectivity index (χ1) is 9.63. The zero-order valence-corrected chi connectivity index (χ0v) is 11.1. The van der Waals surface area contributed by atoms with E-state index >= 15 is 0 Å². The molecule has 0 aromatic heterocycles. The van der Waals surface area contributed by atoms with Crippen molar-refractivity contribution in [3.8, 4) is 11.5 Å². The minimum atomic E-state index is -0.207. The molecule has 5 heteroatoms. The summed E-state index contributed by atoms with van der Waals surface area (Å²) in [4.78, 5) is 13.5. The lowest BCUT2D eigenvalue weighted by molar-refractivity contribution is -0.112. The van der Waals surface area contributed by atoms with Gasteiger partial charge in [0.05, 0.1) is 10.6 Å². The van der Waals surface area contributed by atoms with E-state index in [2.05, 4.69) is 5.32 Å². The Balaban J connectivity index is 1.96. The van der Waals surface area contributed by atoms with Crippen molar-refractivity contribution in [1.82, 2.24) is 0 Å². The smallest absolute Gasteiger partial charge is 0.262 e. The van der Waals surface area contributed by atoms with Gasteiger partial charge in [-0.1, -0.05) is 30.0 Å². The van der Waals surface area contributed by atoms with Gasteiger partial charge in [-0.2, -0.15) is 0 Å². The van der Waals surface area contributed by atoms with Crippen LogP contribution in [0.25, 0.3) is 6.08 Å². The fraction of sp³-hybridized carbons (Fsp3) is 0. The van der Waals surface area contributed by atoms with Gasteiger partial charge in [-0.3, -0.25) is 4.79 Å². The highest BCUT2D eigenvalue weighted by molar-refractivity contribution is 8.04. The van der Waals surface area contributed by atoms with Crippen molar-refractivity contribution < 1.29 is 15.0 Å². The molecule has 1 aliphatic heterocycles.